The molecule has 2 aromatic heterocycles. The Kier molecular flexibility index (Phi) is 5.08. The van der Waals surface area contributed by atoms with E-state index in [-0.39, 0.29) is 22.6 Å². The molecule has 6 nitrogen and oxygen atoms in total. The van der Waals surface area contributed by atoms with Crippen molar-refractivity contribution in [2.24, 2.45) is 0 Å². The predicted molar refractivity (Wildman–Crippen MR) is 109 cm³/mol. The van der Waals surface area contributed by atoms with Gasteiger partial charge in [-0.25, -0.2) is 9.67 Å². The van der Waals surface area contributed by atoms with Crippen LogP contribution in [0.15, 0.2) is 40.0 Å². The molecule has 27 heavy (non-hydrogen) atoms. The van der Waals surface area contributed by atoms with Gasteiger partial charge in [0.2, 0.25) is 5.91 Å². The molecule has 1 aromatic carbocycles. The number of benzene rings is 1. The number of aromatic nitrogens is 3. The van der Waals surface area contributed by atoms with Crippen LogP contribution >= 0.6 is 11.8 Å². The van der Waals surface area contributed by atoms with Crippen molar-refractivity contribution in [3.8, 4) is 0 Å². The number of amides is 1. The maximum atomic E-state index is 12.5. The molecule has 0 atom stereocenters. The number of oxazole rings is 1. The number of thioether (sulfide) groups is 1. The lowest BCUT2D eigenvalue weighted by atomic mass is 9.92. The molecule has 1 amide bonds. The van der Waals surface area contributed by atoms with E-state index in [0.29, 0.717) is 11.0 Å². The molecular weight excluding hydrogens is 360 g/mol. The van der Waals surface area contributed by atoms with Crippen molar-refractivity contribution in [1.82, 2.24) is 14.8 Å². The van der Waals surface area contributed by atoms with Gasteiger partial charge in [0.1, 0.15) is 11.3 Å². The Labute approximate surface area is 163 Å². The molecule has 0 saturated heterocycles. The summed E-state index contributed by atoms with van der Waals surface area (Å²) in [5, 5.41) is 8.19. The van der Waals surface area contributed by atoms with Crippen LogP contribution in [-0.4, -0.2) is 26.4 Å². The maximum absolute atomic E-state index is 12.5. The van der Waals surface area contributed by atoms with Crippen LogP contribution in [0.3, 0.4) is 0 Å². The quantitative estimate of drug-likeness (QED) is 0.652. The number of carbonyl (C=O) groups excluding carboxylic acids is 1. The number of rotatable bonds is 4. The van der Waals surface area contributed by atoms with E-state index in [9.17, 15) is 4.79 Å². The van der Waals surface area contributed by atoms with Crippen LogP contribution in [0.5, 0.6) is 0 Å². The molecule has 7 heteroatoms. The molecule has 0 spiro atoms. The normalized spacial score (nSPS) is 12.5. The fourth-order valence-corrected chi connectivity index (χ4v) is 3.21. The SMILES string of the molecule is CC(C)(C)c1cc(NC(=O)CSc2nc3ccccc3o2)n(C(C)(C)C)n1. The second-order valence-electron chi connectivity index (χ2n) is 8.53. The molecule has 0 unspecified atom stereocenters. The van der Waals surface area contributed by atoms with E-state index in [2.05, 4.69) is 51.8 Å². The van der Waals surface area contributed by atoms with Gasteiger partial charge in [0.25, 0.3) is 5.22 Å². The Bertz CT molecular complexity index is 927. The standard InChI is InChI=1S/C20H26N4O2S/c1-19(2,3)15-11-16(24(23-15)20(4,5)6)22-17(25)12-27-18-21-13-9-7-8-10-14(13)26-18/h7-11H,12H2,1-6H3,(H,22,25). The van der Waals surface area contributed by atoms with Crippen molar-refractivity contribution in [3.05, 3.63) is 36.0 Å². The minimum absolute atomic E-state index is 0.0943. The molecule has 0 radical (unpaired) electrons. The topological polar surface area (TPSA) is 73.0 Å². The molecule has 0 bridgehead atoms. The summed E-state index contributed by atoms with van der Waals surface area (Å²) in [7, 11) is 0. The zero-order valence-electron chi connectivity index (χ0n) is 16.7. The van der Waals surface area contributed by atoms with E-state index in [1.807, 2.05) is 35.0 Å². The van der Waals surface area contributed by atoms with Crippen molar-refractivity contribution in [3.63, 3.8) is 0 Å². The minimum atomic E-state index is -0.237. The number of para-hydroxylation sites is 2. The first-order chi connectivity index (χ1) is 12.5. The first kappa shape index (κ1) is 19.5. The van der Waals surface area contributed by atoms with Gasteiger partial charge in [-0.05, 0) is 32.9 Å². The smallest absolute Gasteiger partial charge is 0.257 e. The summed E-state index contributed by atoms with van der Waals surface area (Å²) in [4.78, 5) is 16.9. The van der Waals surface area contributed by atoms with Crippen LogP contribution in [0.4, 0.5) is 5.82 Å². The summed E-state index contributed by atoms with van der Waals surface area (Å²) in [6.07, 6.45) is 0. The monoisotopic (exact) mass is 386 g/mol. The zero-order valence-corrected chi connectivity index (χ0v) is 17.5. The number of anilines is 1. The molecule has 0 aliphatic carbocycles. The lowest BCUT2D eigenvalue weighted by molar-refractivity contribution is -0.113. The molecular formula is C20H26N4O2S. The number of carbonyl (C=O) groups is 1. The Hall–Kier alpha value is -2.28. The van der Waals surface area contributed by atoms with E-state index in [4.69, 9.17) is 9.52 Å². The number of fused-ring (bicyclic) bond motifs is 1. The fourth-order valence-electron chi connectivity index (χ4n) is 2.57. The van der Waals surface area contributed by atoms with Gasteiger partial charge in [-0.3, -0.25) is 4.79 Å². The van der Waals surface area contributed by atoms with Crippen molar-refractivity contribution in [1.29, 1.82) is 0 Å². The summed E-state index contributed by atoms with van der Waals surface area (Å²) in [5.74, 6) is 0.802. The highest BCUT2D eigenvalue weighted by atomic mass is 32.2. The Balaban J connectivity index is 1.72. The van der Waals surface area contributed by atoms with Crippen LogP contribution in [0.2, 0.25) is 0 Å². The van der Waals surface area contributed by atoms with E-state index in [1.165, 1.54) is 11.8 Å². The second-order valence-corrected chi connectivity index (χ2v) is 9.46. The van der Waals surface area contributed by atoms with Gasteiger partial charge >= 0.3 is 0 Å². The molecule has 3 aromatic rings. The van der Waals surface area contributed by atoms with Gasteiger partial charge in [0.05, 0.1) is 17.0 Å². The minimum Gasteiger partial charge on any atom is -0.431 e. The average molecular weight is 387 g/mol. The average Bonchev–Trinajstić information content (AvgIpc) is 3.15. The van der Waals surface area contributed by atoms with E-state index >= 15 is 0 Å². The van der Waals surface area contributed by atoms with E-state index in [1.54, 1.807) is 0 Å². The zero-order chi connectivity index (χ0) is 19.8. The molecule has 3 rings (SSSR count). The van der Waals surface area contributed by atoms with E-state index in [0.717, 1.165) is 16.8 Å². The summed E-state index contributed by atoms with van der Waals surface area (Å²) in [6, 6.07) is 9.51. The highest BCUT2D eigenvalue weighted by Gasteiger charge is 2.25. The van der Waals surface area contributed by atoms with Gasteiger partial charge in [0, 0.05) is 11.5 Å². The molecule has 2 heterocycles. The van der Waals surface area contributed by atoms with Gasteiger partial charge < -0.3 is 9.73 Å². The number of nitrogens with zero attached hydrogens (tertiary/aromatic N) is 3. The summed E-state index contributed by atoms with van der Waals surface area (Å²) in [5.41, 5.74) is 2.13. The number of nitrogens with one attached hydrogen (secondary N) is 1. The van der Waals surface area contributed by atoms with Crippen molar-refractivity contribution in [2.45, 2.75) is 57.7 Å². The Morgan fingerprint density at radius 1 is 1.19 bits per heavy atom. The Morgan fingerprint density at radius 3 is 2.52 bits per heavy atom. The molecule has 0 aliphatic heterocycles. The van der Waals surface area contributed by atoms with Crippen molar-refractivity contribution in [2.75, 3.05) is 11.1 Å². The summed E-state index contributed by atoms with van der Waals surface area (Å²) in [6.45, 7) is 12.5. The third-order valence-corrected chi connectivity index (χ3v) is 4.81. The summed E-state index contributed by atoms with van der Waals surface area (Å²) >= 11 is 1.28. The maximum Gasteiger partial charge on any atom is 0.257 e. The van der Waals surface area contributed by atoms with Gasteiger partial charge in [-0.2, -0.15) is 5.10 Å². The molecule has 0 fully saturated rings. The molecule has 0 aliphatic rings. The molecule has 0 saturated carbocycles. The largest absolute Gasteiger partial charge is 0.431 e. The van der Waals surface area contributed by atoms with Crippen LogP contribution in [0.25, 0.3) is 11.1 Å². The molecule has 144 valence electrons. The van der Waals surface area contributed by atoms with Crippen LogP contribution in [0.1, 0.15) is 47.2 Å². The third-order valence-electron chi connectivity index (χ3n) is 3.98. The van der Waals surface area contributed by atoms with Crippen LogP contribution in [-0.2, 0) is 15.7 Å². The molecule has 1 N–H and O–H groups in total. The first-order valence-corrected chi connectivity index (χ1v) is 9.92. The number of hydrogen-bond donors (Lipinski definition) is 1. The van der Waals surface area contributed by atoms with E-state index < -0.39 is 0 Å². The fraction of sp³-hybridized carbons (Fsp3) is 0.450. The lowest BCUT2D eigenvalue weighted by Crippen LogP contribution is -2.27. The Morgan fingerprint density at radius 2 is 1.89 bits per heavy atom. The van der Waals surface area contributed by atoms with Crippen LogP contribution in [0, 0.1) is 0 Å². The van der Waals surface area contributed by atoms with Crippen LogP contribution < -0.4 is 5.32 Å². The lowest BCUT2D eigenvalue weighted by Gasteiger charge is -2.23. The van der Waals surface area contributed by atoms with Gasteiger partial charge in [-0.1, -0.05) is 44.7 Å². The number of hydrogen-bond acceptors (Lipinski definition) is 5. The van der Waals surface area contributed by atoms with Gasteiger partial charge in [-0.15, -0.1) is 0 Å². The summed E-state index contributed by atoms with van der Waals surface area (Å²) < 4.78 is 7.52. The predicted octanol–water partition coefficient (Wildman–Crippen LogP) is 4.81. The van der Waals surface area contributed by atoms with Gasteiger partial charge in [0.15, 0.2) is 5.58 Å². The second kappa shape index (κ2) is 7.03. The highest BCUT2D eigenvalue weighted by molar-refractivity contribution is 7.99. The van der Waals surface area contributed by atoms with Crippen molar-refractivity contribution >= 4 is 34.6 Å². The third kappa shape index (κ3) is 4.53. The van der Waals surface area contributed by atoms with Crippen molar-refractivity contribution < 1.29 is 9.21 Å². The highest BCUT2D eigenvalue weighted by Crippen LogP contribution is 2.29. The first-order valence-electron chi connectivity index (χ1n) is 8.93.